The number of carbonyl (C=O) groups excluding carboxylic acids is 1. The molecule has 0 unspecified atom stereocenters. The Labute approximate surface area is 136 Å². The first-order chi connectivity index (χ1) is 11.2. The predicted octanol–water partition coefficient (Wildman–Crippen LogP) is 2.94. The Morgan fingerprint density at radius 2 is 1.87 bits per heavy atom. The third kappa shape index (κ3) is 3.41. The van der Waals surface area contributed by atoms with Crippen molar-refractivity contribution in [2.45, 2.75) is 45.6 Å². The molecule has 3 rings (SSSR count). The Hall–Kier alpha value is -2.24. The first-order valence-electron chi connectivity index (χ1n) is 8.34. The number of nitrogens with zero attached hydrogens (tertiary/aromatic N) is 5. The molecule has 2 aromatic rings. The van der Waals surface area contributed by atoms with Crippen LogP contribution in [0.4, 0.5) is 0 Å². The van der Waals surface area contributed by atoms with Crippen LogP contribution in [-0.4, -0.2) is 44.1 Å². The van der Waals surface area contributed by atoms with Gasteiger partial charge >= 0.3 is 0 Å². The maximum Gasteiger partial charge on any atom is 0.253 e. The van der Waals surface area contributed by atoms with Crippen LogP contribution in [0.3, 0.4) is 0 Å². The Morgan fingerprint density at radius 1 is 1.13 bits per heavy atom. The van der Waals surface area contributed by atoms with E-state index in [2.05, 4.69) is 15.5 Å². The van der Waals surface area contributed by atoms with Crippen LogP contribution in [-0.2, 0) is 0 Å². The molecule has 1 aliphatic heterocycles. The van der Waals surface area contributed by atoms with E-state index in [9.17, 15) is 4.79 Å². The first kappa shape index (κ1) is 15.6. The van der Waals surface area contributed by atoms with Gasteiger partial charge in [0.05, 0.1) is 6.04 Å². The normalized spacial score (nSPS) is 15.7. The lowest BCUT2D eigenvalue weighted by atomic mass is 10.1. The smallest absolute Gasteiger partial charge is 0.253 e. The van der Waals surface area contributed by atoms with E-state index in [0.29, 0.717) is 11.4 Å². The quantitative estimate of drug-likeness (QED) is 0.874. The third-order valence-corrected chi connectivity index (χ3v) is 4.24. The van der Waals surface area contributed by atoms with Crippen molar-refractivity contribution < 1.29 is 4.79 Å². The van der Waals surface area contributed by atoms with Crippen molar-refractivity contribution in [3.63, 3.8) is 0 Å². The van der Waals surface area contributed by atoms with Crippen molar-refractivity contribution >= 4 is 5.91 Å². The number of aromatic nitrogens is 4. The van der Waals surface area contributed by atoms with Gasteiger partial charge in [-0.15, -0.1) is 5.10 Å². The summed E-state index contributed by atoms with van der Waals surface area (Å²) in [4.78, 5) is 14.7. The van der Waals surface area contributed by atoms with Crippen LogP contribution in [0, 0.1) is 0 Å². The number of benzene rings is 1. The second-order valence-corrected chi connectivity index (χ2v) is 6.33. The molecule has 0 atom stereocenters. The van der Waals surface area contributed by atoms with E-state index in [1.54, 1.807) is 4.68 Å². The van der Waals surface area contributed by atoms with Crippen LogP contribution in [0.25, 0.3) is 11.4 Å². The van der Waals surface area contributed by atoms with Gasteiger partial charge < -0.3 is 4.90 Å². The number of tetrazole rings is 1. The molecule has 6 heteroatoms. The van der Waals surface area contributed by atoms with Gasteiger partial charge in [0, 0.05) is 24.2 Å². The minimum absolute atomic E-state index is 0.109. The van der Waals surface area contributed by atoms with Crippen LogP contribution in [0.5, 0.6) is 0 Å². The van der Waals surface area contributed by atoms with Gasteiger partial charge in [0.2, 0.25) is 0 Å². The zero-order chi connectivity index (χ0) is 16.2. The zero-order valence-electron chi connectivity index (χ0n) is 13.8. The molecule has 1 aromatic heterocycles. The molecule has 1 amide bonds. The molecule has 0 N–H and O–H groups in total. The van der Waals surface area contributed by atoms with Crippen LogP contribution in [0.2, 0.25) is 0 Å². The van der Waals surface area contributed by atoms with Crippen LogP contribution >= 0.6 is 0 Å². The fourth-order valence-corrected chi connectivity index (χ4v) is 2.98. The highest BCUT2D eigenvalue weighted by Crippen LogP contribution is 2.21. The Balaban J connectivity index is 1.87. The number of carbonyl (C=O) groups is 1. The monoisotopic (exact) mass is 313 g/mol. The predicted molar refractivity (Wildman–Crippen MR) is 88.0 cm³/mol. The van der Waals surface area contributed by atoms with Crippen molar-refractivity contribution in [3.05, 3.63) is 29.8 Å². The molecule has 122 valence electrons. The van der Waals surface area contributed by atoms with E-state index in [1.165, 1.54) is 12.8 Å². The second kappa shape index (κ2) is 6.89. The minimum Gasteiger partial charge on any atom is -0.339 e. The van der Waals surface area contributed by atoms with E-state index < -0.39 is 0 Å². The lowest BCUT2D eigenvalue weighted by Gasteiger charge is -2.20. The number of likely N-dealkylation sites (tertiary alicyclic amines) is 1. The molecule has 1 saturated heterocycles. The highest BCUT2D eigenvalue weighted by Gasteiger charge is 2.19. The van der Waals surface area contributed by atoms with Crippen molar-refractivity contribution in [2.24, 2.45) is 0 Å². The average molecular weight is 313 g/mol. The number of hydrogen-bond acceptors (Lipinski definition) is 4. The van der Waals surface area contributed by atoms with Gasteiger partial charge in [0.1, 0.15) is 0 Å². The summed E-state index contributed by atoms with van der Waals surface area (Å²) in [5, 5.41) is 11.9. The summed E-state index contributed by atoms with van der Waals surface area (Å²) in [7, 11) is 0. The van der Waals surface area contributed by atoms with E-state index in [0.717, 1.165) is 31.5 Å². The molecule has 0 spiro atoms. The topological polar surface area (TPSA) is 63.9 Å². The third-order valence-electron chi connectivity index (χ3n) is 4.24. The van der Waals surface area contributed by atoms with Gasteiger partial charge in [-0.25, -0.2) is 4.68 Å². The van der Waals surface area contributed by atoms with E-state index in [1.807, 2.05) is 43.0 Å². The second-order valence-electron chi connectivity index (χ2n) is 6.33. The molecule has 1 fully saturated rings. The summed E-state index contributed by atoms with van der Waals surface area (Å²) >= 11 is 0. The largest absolute Gasteiger partial charge is 0.339 e. The molecule has 0 saturated carbocycles. The Kier molecular flexibility index (Phi) is 4.69. The van der Waals surface area contributed by atoms with E-state index >= 15 is 0 Å². The fourth-order valence-electron chi connectivity index (χ4n) is 2.98. The lowest BCUT2D eigenvalue weighted by Crippen LogP contribution is -2.31. The zero-order valence-corrected chi connectivity index (χ0v) is 13.8. The Morgan fingerprint density at radius 3 is 2.57 bits per heavy atom. The molecule has 2 heterocycles. The number of amides is 1. The number of hydrogen-bond donors (Lipinski definition) is 0. The van der Waals surface area contributed by atoms with E-state index in [-0.39, 0.29) is 11.9 Å². The van der Waals surface area contributed by atoms with Gasteiger partial charge in [-0.3, -0.25) is 4.79 Å². The fraction of sp³-hybridized carbons (Fsp3) is 0.529. The molecule has 6 nitrogen and oxygen atoms in total. The summed E-state index contributed by atoms with van der Waals surface area (Å²) in [5.41, 5.74) is 1.59. The molecule has 23 heavy (non-hydrogen) atoms. The molecule has 1 aromatic carbocycles. The van der Waals surface area contributed by atoms with Crippen molar-refractivity contribution in [1.29, 1.82) is 0 Å². The summed E-state index contributed by atoms with van der Waals surface area (Å²) in [5.74, 6) is 0.808. The highest BCUT2D eigenvalue weighted by molar-refractivity contribution is 5.95. The summed E-state index contributed by atoms with van der Waals surface area (Å²) in [6.45, 7) is 5.78. The Bertz CT molecular complexity index is 671. The van der Waals surface area contributed by atoms with Crippen molar-refractivity contribution in [2.75, 3.05) is 13.1 Å². The number of rotatable bonds is 3. The molecule has 1 aliphatic rings. The SMILES string of the molecule is CC(C)n1nnnc1-c1cccc(C(=O)N2CCCCCC2)c1. The average Bonchev–Trinajstić information content (AvgIpc) is 2.90. The van der Waals surface area contributed by atoms with Crippen molar-refractivity contribution in [1.82, 2.24) is 25.1 Å². The molecule has 0 radical (unpaired) electrons. The molecule has 0 bridgehead atoms. The van der Waals surface area contributed by atoms with Gasteiger partial charge in [0.25, 0.3) is 5.91 Å². The highest BCUT2D eigenvalue weighted by atomic mass is 16.2. The first-order valence-corrected chi connectivity index (χ1v) is 8.34. The van der Waals surface area contributed by atoms with E-state index in [4.69, 9.17) is 0 Å². The molecular weight excluding hydrogens is 290 g/mol. The van der Waals surface area contributed by atoms with Gasteiger partial charge in [-0.2, -0.15) is 0 Å². The standard InChI is InChI=1S/C17H23N5O/c1-13(2)22-16(18-19-20-22)14-8-7-9-15(12-14)17(23)21-10-5-3-4-6-11-21/h7-9,12-13H,3-6,10-11H2,1-2H3. The lowest BCUT2D eigenvalue weighted by molar-refractivity contribution is 0.0761. The minimum atomic E-state index is 0.109. The van der Waals surface area contributed by atoms with Crippen molar-refractivity contribution in [3.8, 4) is 11.4 Å². The van der Waals surface area contributed by atoms with Gasteiger partial charge in [0.15, 0.2) is 5.82 Å². The van der Waals surface area contributed by atoms with Crippen LogP contribution in [0.1, 0.15) is 55.9 Å². The maximum atomic E-state index is 12.8. The maximum absolute atomic E-state index is 12.8. The molecule has 0 aliphatic carbocycles. The van der Waals surface area contributed by atoms with Gasteiger partial charge in [-0.05, 0) is 49.2 Å². The summed E-state index contributed by atoms with van der Waals surface area (Å²) < 4.78 is 1.77. The van der Waals surface area contributed by atoms with Crippen LogP contribution < -0.4 is 0 Å². The van der Waals surface area contributed by atoms with Crippen LogP contribution in [0.15, 0.2) is 24.3 Å². The van der Waals surface area contributed by atoms with Gasteiger partial charge in [-0.1, -0.05) is 25.0 Å². The molecular formula is C17H23N5O. The summed E-state index contributed by atoms with van der Waals surface area (Å²) in [6.07, 6.45) is 4.62. The summed E-state index contributed by atoms with van der Waals surface area (Å²) in [6, 6.07) is 7.80.